The standard InChI is InChI=1S/C14H25N3O3S2/c1-12-6-7-14(21-12)22(19,20)15-8-11-17(13(2)18)10-5-9-16(3)4/h6-7,15H,5,8-11H2,1-4H3. The monoisotopic (exact) mass is 347 g/mol. The number of nitrogens with zero attached hydrogens (tertiary/aromatic N) is 2. The van der Waals surface area contributed by atoms with Gasteiger partial charge in [0.25, 0.3) is 0 Å². The molecular formula is C14H25N3O3S2. The molecule has 0 aromatic carbocycles. The first-order valence-electron chi connectivity index (χ1n) is 7.18. The molecular weight excluding hydrogens is 322 g/mol. The average molecular weight is 348 g/mol. The normalized spacial score (nSPS) is 11.9. The zero-order chi connectivity index (χ0) is 16.8. The van der Waals surface area contributed by atoms with Gasteiger partial charge in [0.05, 0.1) is 0 Å². The fourth-order valence-corrected chi connectivity index (χ4v) is 4.30. The van der Waals surface area contributed by atoms with Gasteiger partial charge in [-0.2, -0.15) is 0 Å². The Kier molecular flexibility index (Phi) is 7.47. The van der Waals surface area contributed by atoms with Crippen molar-refractivity contribution in [2.24, 2.45) is 0 Å². The molecule has 1 N–H and O–H groups in total. The summed E-state index contributed by atoms with van der Waals surface area (Å²) in [5, 5.41) is 0. The number of carbonyl (C=O) groups excluding carboxylic acids is 1. The van der Waals surface area contributed by atoms with E-state index in [1.165, 1.54) is 18.3 Å². The maximum Gasteiger partial charge on any atom is 0.250 e. The van der Waals surface area contributed by atoms with Crippen LogP contribution in [0, 0.1) is 6.92 Å². The van der Waals surface area contributed by atoms with E-state index < -0.39 is 10.0 Å². The van der Waals surface area contributed by atoms with Gasteiger partial charge >= 0.3 is 0 Å². The zero-order valence-corrected chi connectivity index (χ0v) is 15.3. The molecule has 0 spiro atoms. The fourth-order valence-electron chi connectivity index (χ4n) is 1.95. The Balaban J connectivity index is 2.47. The first kappa shape index (κ1) is 19.1. The van der Waals surface area contributed by atoms with Crippen molar-refractivity contribution in [3.63, 3.8) is 0 Å². The smallest absolute Gasteiger partial charge is 0.250 e. The molecule has 0 bridgehead atoms. The van der Waals surface area contributed by atoms with Crippen LogP contribution in [0.4, 0.5) is 0 Å². The summed E-state index contributed by atoms with van der Waals surface area (Å²) in [6, 6.07) is 3.38. The van der Waals surface area contributed by atoms with E-state index in [-0.39, 0.29) is 12.5 Å². The lowest BCUT2D eigenvalue weighted by atomic mass is 10.3. The van der Waals surface area contributed by atoms with Gasteiger partial charge in [0.2, 0.25) is 15.9 Å². The molecule has 8 heteroatoms. The first-order valence-corrected chi connectivity index (χ1v) is 9.48. The first-order chi connectivity index (χ1) is 10.2. The molecule has 6 nitrogen and oxygen atoms in total. The highest BCUT2D eigenvalue weighted by molar-refractivity contribution is 7.91. The summed E-state index contributed by atoms with van der Waals surface area (Å²) < 4.78 is 27.0. The molecule has 0 radical (unpaired) electrons. The topological polar surface area (TPSA) is 69.7 Å². The van der Waals surface area contributed by atoms with Crippen LogP contribution in [0.3, 0.4) is 0 Å². The SMILES string of the molecule is CC(=O)N(CCCN(C)C)CCNS(=O)(=O)c1ccc(C)s1. The Labute approximate surface area is 137 Å². The second-order valence-electron chi connectivity index (χ2n) is 5.43. The molecule has 0 fully saturated rings. The number of aryl methyl sites for hydroxylation is 1. The highest BCUT2D eigenvalue weighted by Gasteiger charge is 2.16. The third-order valence-electron chi connectivity index (χ3n) is 3.13. The minimum Gasteiger partial charge on any atom is -0.342 e. The summed E-state index contributed by atoms with van der Waals surface area (Å²) in [5.74, 6) is -0.0371. The average Bonchev–Trinajstić information content (AvgIpc) is 2.83. The summed E-state index contributed by atoms with van der Waals surface area (Å²) >= 11 is 1.24. The summed E-state index contributed by atoms with van der Waals surface area (Å²) in [6.45, 7) is 5.50. The van der Waals surface area contributed by atoms with Gasteiger partial charge in [-0.1, -0.05) is 0 Å². The number of carbonyl (C=O) groups is 1. The van der Waals surface area contributed by atoms with Crippen LogP contribution < -0.4 is 4.72 Å². The van der Waals surface area contributed by atoms with E-state index in [0.717, 1.165) is 17.8 Å². The van der Waals surface area contributed by atoms with Crippen LogP contribution in [0.5, 0.6) is 0 Å². The van der Waals surface area contributed by atoms with Crippen LogP contribution in [0.15, 0.2) is 16.3 Å². The molecule has 1 aromatic rings. The van der Waals surface area contributed by atoms with E-state index in [4.69, 9.17) is 0 Å². The third kappa shape index (κ3) is 6.43. The number of amides is 1. The molecule has 0 aliphatic carbocycles. The minimum absolute atomic E-state index is 0.0371. The van der Waals surface area contributed by atoms with Crippen molar-refractivity contribution in [3.05, 3.63) is 17.0 Å². The van der Waals surface area contributed by atoms with Crippen molar-refractivity contribution in [1.29, 1.82) is 0 Å². The lowest BCUT2D eigenvalue weighted by Gasteiger charge is -2.22. The molecule has 0 atom stereocenters. The van der Waals surface area contributed by atoms with Gasteiger partial charge < -0.3 is 9.80 Å². The Morgan fingerprint density at radius 2 is 1.91 bits per heavy atom. The van der Waals surface area contributed by atoms with E-state index in [1.54, 1.807) is 17.0 Å². The maximum absolute atomic E-state index is 12.1. The van der Waals surface area contributed by atoms with Gasteiger partial charge in [-0.15, -0.1) is 11.3 Å². The highest BCUT2D eigenvalue weighted by atomic mass is 32.2. The molecule has 0 saturated carbocycles. The minimum atomic E-state index is -3.47. The van der Waals surface area contributed by atoms with Crippen LogP contribution >= 0.6 is 11.3 Å². The second-order valence-corrected chi connectivity index (χ2v) is 8.71. The number of nitrogens with one attached hydrogen (secondary N) is 1. The lowest BCUT2D eigenvalue weighted by Crippen LogP contribution is -2.38. The third-order valence-corrected chi connectivity index (χ3v) is 6.09. The van der Waals surface area contributed by atoms with Crippen molar-refractivity contribution in [2.45, 2.75) is 24.5 Å². The van der Waals surface area contributed by atoms with Crippen LogP contribution in [0.25, 0.3) is 0 Å². The number of hydrogen-bond acceptors (Lipinski definition) is 5. The van der Waals surface area contributed by atoms with Gasteiger partial charge in [0, 0.05) is 31.4 Å². The lowest BCUT2D eigenvalue weighted by molar-refractivity contribution is -0.128. The largest absolute Gasteiger partial charge is 0.342 e. The van der Waals surface area contributed by atoms with Crippen molar-refractivity contribution in [1.82, 2.24) is 14.5 Å². The van der Waals surface area contributed by atoms with Crippen molar-refractivity contribution < 1.29 is 13.2 Å². The molecule has 1 rings (SSSR count). The van der Waals surface area contributed by atoms with Gasteiger partial charge in [-0.05, 0) is 46.1 Å². The van der Waals surface area contributed by atoms with Gasteiger partial charge in [-0.25, -0.2) is 13.1 Å². The van der Waals surface area contributed by atoms with Gasteiger partial charge in [0.1, 0.15) is 4.21 Å². The Hall–Kier alpha value is -0.960. The summed E-state index contributed by atoms with van der Waals surface area (Å²) in [7, 11) is 0.490. The highest BCUT2D eigenvalue weighted by Crippen LogP contribution is 2.19. The van der Waals surface area contributed by atoms with E-state index in [2.05, 4.69) is 9.62 Å². The molecule has 1 aromatic heterocycles. The number of rotatable bonds is 9. The molecule has 0 aliphatic heterocycles. The van der Waals surface area contributed by atoms with E-state index in [1.807, 2.05) is 21.0 Å². The summed E-state index contributed by atoms with van der Waals surface area (Å²) in [6.07, 6.45) is 0.865. The molecule has 0 aliphatic rings. The van der Waals surface area contributed by atoms with Crippen LogP contribution in [-0.4, -0.2) is 64.4 Å². The Morgan fingerprint density at radius 3 is 2.41 bits per heavy atom. The van der Waals surface area contributed by atoms with Crippen molar-refractivity contribution in [3.8, 4) is 0 Å². The van der Waals surface area contributed by atoms with Crippen molar-refractivity contribution >= 4 is 27.3 Å². The molecule has 0 unspecified atom stereocenters. The van der Waals surface area contributed by atoms with Gasteiger partial charge in [0.15, 0.2) is 0 Å². The van der Waals surface area contributed by atoms with E-state index in [0.29, 0.717) is 17.3 Å². The molecule has 1 amide bonds. The second kappa shape index (κ2) is 8.61. The van der Waals surface area contributed by atoms with Crippen LogP contribution in [0.1, 0.15) is 18.2 Å². The Morgan fingerprint density at radius 1 is 1.23 bits per heavy atom. The van der Waals surface area contributed by atoms with Crippen LogP contribution in [0.2, 0.25) is 0 Å². The Bertz CT molecular complexity index is 582. The fraction of sp³-hybridized carbons (Fsp3) is 0.643. The summed E-state index contributed by atoms with van der Waals surface area (Å²) in [5.41, 5.74) is 0. The number of sulfonamides is 1. The molecule has 126 valence electrons. The van der Waals surface area contributed by atoms with Crippen LogP contribution in [-0.2, 0) is 14.8 Å². The summed E-state index contributed by atoms with van der Waals surface area (Å²) in [4.78, 5) is 16.3. The maximum atomic E-state index is 12.1. The predicted molar refractivity (Wildman–Crippen MR) is 89.7 cm³/mol. The number of thiophene rings is 1. The molecule has 1 heterocycles. The predicted octanol–water partition coefficient (Wildman–Crippen LogP) is 1.14. The quantitative estimate of drug-likeness (QED) is 0.727. The molecule has 0 saturated heterocycles. The zero-order valence-electron chi connectivity index (χ0n) is 13.6. The van der Waals surface area contributed by atoms with Gasteiger partial charge in [-0.3, -0.25) is 4.79 Å². The van der Waals surface area contributed by atoms with E-state index in [9.17, 15) is 13.2 Å². The molecule has 22 heavy (non-hydrogen) atoms. The van der Waals surface area contributed by atoms with Crippen molar-refractivity contribution in [2.75, 3.05) is 40.3 Å². The number of hydrogen-bond donors (Lipinski definition) is 1. The van der Waals surface area contributed by atoms with E-state index >= 15 is 0 Å².